The Balaban J connectivity index is 1.79. The number of aliphatic hydroxyl groups is 1. The van der Waals surface area contributed by atoms with Gasteiger partial charge in [-0.3, -0.25) is 14.5 Å². The average molecular weight is 528 g/mol. The number of phenols is 1. The Morgan fingerprint density at radius 3 is 2.54 bits per heavy atom. The third-order valence-electron chi connectivity index (χ3n) is 6.78. The standard InChI is InChI=1S/C30H29N3O6/c1-6-39-23-14-18(8-10-22(23)34)25-24(26(35)19-12-16(3)11-17(4)28(19)38-5)27(36)29(37)33(25)30-31-20-9-7-15(2)13-21(20)32-30/h7-14,25,34-35H,6H2,1-5H3,(H,31,32)/b26-24+. The number of methoxy groups -OCH3 is 1. The molecule has 3 aromatic carbocycles. The predicted octanol–water partition coefficient (Wildman–Crippen LogP) is 5.23. The van der Waals surface area contributed by atoms with Crippen molar-refractivity contribution in [1.82, 2.24) is 9.97 Å². The molecule has 0 radical (unpaired) electrons. The van der Waals surface area contributed by atoms with Gasteiger partial charge in [-0.15, -0.1) is 0 Å². The summed E-state index contributed by atoms with van der Waals surface area (Å²) in [7, 11) is 1.48. The van der Waals surface area contributed by atoms with E-state index in [4.69, 9.17) is 9.47 Å². The Kier molecular flexibility index (Phi) is 6.51. The molecule has 1 aliphatic heterocycles. The van der Waals surface area contributed by atoms with Gasteiger partial charge in [0.2, 0.25) is 5.95 Å². The van der Waals surface area contributed by atoms with Crippen LogP contribution in [0.1, 0.15) is 40.8 Å². The van der Waals surface area contributed by atoms with Crippen LogP contribution in [-0.2, 0) is 9.59 Å². The molecule has 0 saturated carbocycles. The van der Waals surface area contributed by atoms with Crippen molar-refractivity contribution in [2.75, 3.05) is 18.6 Å². The third kappa shape index (κ3) is 4.35. The molecule has 1 saturated heterocycles. The number of Topliss-reactive ketones (excluding diaryl/α,β-unsaturated/α-hetero) is 1. The van der Waals surface area contributed by atoms with E-state index in [0.29, 0.717) is 34.5 Å². The Hall–Kier alpha value is -4.79. The second-order valence-electron chi connectivity index (χ2n) is 9.57. The molecule has 1 fully saturated rings. The van der Waals surface area contributed by atoms with Gasteiger partial charge in [0, 0.05) is 0 Å². The van der Waals surface area contributed by atoms with Gasteiger partial charge in [-0.2, -0.15) is 0 Å². The summed E-state index contributed by atoms with van der Waals surface area (Å²) in [6.07, 6.45) is 0. The van der Waals surface area contributed by atoms with Crippen molar-refractivity contribution in [3.05, 3.63) is 81.9 Å². The maximum Gasteiger partial charge on any atom is 0.302 e. The molecule has 9 nitrogen and oxygen atoms in total. The predicted molar refractivity (Wildman–Crippen MR) is 147 cm³/mol. The number of nitrogens with one attached hydrogen (secondary N) is 1. The van der Waals surface area contributed by atoms with Crippen molar-refractivity contribution >= 4 is 34.4 Å². The topological polar surface area (TPSA) is 125 Å². The minimum Gasteiger partial charge on any atom is -0.507 e. The molecule has 4 aromatic rings. The summed E-state index contributed by atoms with van der Waals surface area (Å²) in [6, 6.07) is 12.7. The maximum atomic E-state index is 13.6. The normalized spacial score (nSPS) is 16.7. The SMILES string of the molecule is CCOc1cc(C2/C(=C(\O)c3cc(C)cc(C)c3OC)C(=O)C(=O)N2c2nc3ccc(C)cc3[nH]2)ccc1O. The number of aromatic amines is 1. The number of hydrogen-bond acceptors (Lipinski definition) is 7. The average Bonchev–Trinajstić information content (AvgIpc) is 3.42. The van der Waals surface area contributed by atoms with E-state index in [0.717, 1.165) is 16.7 Å². The van der Waals surface area contributed by atoms with Gasteiger partial charge >= 0.3 is 5.91 Å². The summed E-state index contributed by atoms with van der Waals surface area (Å²) < 4.78 is 11.1. The number of ether oxygens (including phenoxy) is 2. The number of ketones is 1. The third-order valence-corrected chi connectivity index (χ3v) is 6.78. The molecular weight excluding hydrogens is 498 g/mol. The van der Waals surface area contributed by atoms with Crippen LogP contribution in [0.2, 0.25) is 0 Å². The Morgan fingerprint density at radius 2 is 1.82 bits per heavy atom. The molecule has 3 N–H and O–H groups in total. The minimum absolute atomic E-state index is 0.0901. The first-order chi connectivity index (χ1) is 18.6. The highest BCUT2D eigenvalue weighted by Gasteiger charge is 2.48. The van der Waals surface area contributed by atoms with Crippen LogP contribution in [0.4, 0.5) is 5.95 Å². The van der Waals surface area contributed by atoms with E-state index in [9.17, 15) is 19.8 Å². The highest BCUT2D eigenvalue weighted by atomic mass is 16.5. The molecule has 1 atom stereocenters. The highest BCUT2D eigenvalue weighted by Crippen LogP contribution is 2.45. The number of anilines is 1. The van der Waals surface area contributed by atoms with Crippen LogP contribution < -0.4 is 14.4 Å². The summed E-state index contributed by atoms with van der Waals surface area (Å²) in [5.74, 6) is -1.46. The highest BCUT2D eigenvalue weighted by molar-refractivity contribution is 6.51. The fraction of sp³-hybridized carbons (Fsp3) is 0.233. The van der Waals surface area contributed by atoms with E-state index in [1.54, 1.807) is 25.1 Å². The van der Waals surface area contributed by atoms with Crippen LogP contribution in [-0.4, -0.2) is 45.6 Å². The first-order valence-electron chi connectivity index (χ1n) is 12.5. The Morgan fingerprint density at radius 1 is 1.05 bits per heavy atom. The number of rotatable bonds is 6. The number of aliphatic hydroxyl groups excluding tert-OH is 1. The Bertz CT molecular complexity index is 1670. The first kappa shape index (κ1) is 25.8. The van der Waals surface area contributed by atoms with Gasteiger partial charge in [-0.05, 0) is 80.3 Å². The number of carbonyl (C=O) groups excluding carboxylic acids is 2. The van der Waals surface area contributed by atoms with Crippen LogP contribution in [0.3, 0.4) is 0 Å². The number of aromatic hydroxyl groups is 1. The van der Waals surface area contributed by atoms with Crippen molar-refractivity contribution in [1.29, 1.82) is 0 Å². The van der Waals surface area contributed by atoms with E-state index in [1.807, 2.05) is 45.0 Å². The molecule has 1 aromatic heterocycles. The molecule has 5 rings (SSSR count). The zero-order valence-electron chi connectivity index (χ0n) is 22.3. The summed E-state index contributed by atoms with van der Waals surface area (Å²) in [5, 5.41) is 22.0. The summed E-state index contributed by atoms with van der Waals surface area (Å²) in [5.41, 5.74) is 4.53. The van der Waals surface area contributed by atoms with Crippen LogP contribution in [0.5, 0.6) is 17.2 Å². The van der Waals surface area contributed by atoms with Crippen LogP contribution in [0, 0.1) is 20.8 Å². The number of aryl methyl sites for hydroxylation is 3. The number of hydrogen-bond donors (Lipinski definition) is 3. The van der Waals surface area contributed by atoms with Crippen LogP contribution in [0.15, 0.2) is 54.1 Å². The molecule has 200 valence electrons. The van der Waals surface area contributed by atoms with E-state index < -0.39 is 17.7 Å². The number of amides is 1. The molecule has 1 aliphatic rings. The zero-order valence-corrected chi connectivity index (χ0v) is 22.3. The molecule has 1 unspecified atom stereocenters. The number of aromatic nitrogens is 2. The molecule has 0 spiro atoms. The quantitative estimate of drug-likeness (QED) is 0.178. The van der Waals surface area contributed by atoms with Gasteiger partial charge in [-0.1, -0.05) is 18.2 Å². The molecule has 9 heteroatoms. The number of carbonyl (C=O) groups is 2. The molecule has 0 aliphatic carbocycles. The summed E-state index contributed by atoms with van der Waals surface area (Å²) in [4.78, 5) is 36.2. The van der Waals surface area contributed by atoms with E-state index in [1.165, 1.54) is 18.1 Å². The number of imidazole rings is 1. The number of H-pyrrole nitrogens is 1. The second kappa shape index (κ2) is 9.83. The number of nitrogens with zero attached hydrogens (tertiary/aromatic N) is 2. The van der Waals surface area contributed by atoms with Gasteiger partial charge in [0.1, 0.15) is 11.5 Å². The number of phenolic OH excluding ortho intramolecular Hbond substituents is 1. The van der Waals surface area contributed by atoms with Crippen molar-refractivity contribution in [3.63, 3.8) is 0 Å². The fourth-order valence-corrected chi connectivity index (χ4v) is 5.11. The first-order valence-corrected chi connectivity index (χ1v) is 12.5. The Labute approximate surface area is 225 Å². The van der Waals surface area contributed by atoms with Gasteiger partial charge in [-0.25, -0.2) is 4.98 Å². The van der Waals surface area contributed by atoms with Crippen LogP contribution in [0.25, 0.3) is 16.8 Å². The summed E-state index contributed by atoms with van der Waals surface area (Å²) >= 11 is 0. The lowest BCUT2D eigenvalue weighted by atomic mass is 9.93. The molecule has 0 bridgehead atoms. The minimum atomic E-state index is -1.07. The monoisotopic (exact) mass is 527 g/mol. The second-order valence-corrected chi connectivity index (χ2v) is 9.57. The van der Waals surface area contributed by atoms with Gasteiger partial charge in [0.05, 0.1) is 41.9 Å². The van der Waals surface area contributed by atoms with Crippen molar-refractivity contribution in [2.24, 2.45) is 0 Å². The number of benzene rings is 3. The van der Waals surface area contributed by atoms with Crippen molar-refractivity contribution in [2.45, 2.75) is 33.7 Å². The molecule has 1 amide bonds. The van der Waals surface area contributed by atoms with E-state index >= 15 is 0 Å². The lowest BCUT2D eigenvalue weighted by Gasteiger charge is -2.24. The lowest BCUT2D eigenvalue weighted by molar-refractivity contribution is -0.132. The van der Waals surface area contributed by atoms with E-state index in [2.05, 4.69) is 9.97 Å². The lowest BCUT2D eigenvalue weighted by Crippen LogP contribution is -2.30. The van der Waals surface area contributed by atoms with Crippen molar-refractivity contribution in [3.8, 4) is 17.2 Å². The largest absolute Gasteiger partial charge is 0.507 e. The van der Waals surface area contributed by atoms with Gasteiger partial charge in [0.25, 0.3) is 5.78 Å². The van der Waals surface area contributed by atoms with Crippen LogP contribution >= 0.6 is 0 Å². The zero-order chi connectivity index (χ0) is 28.0. The van der Waals surface area contributed by atoms with Crippen molar-refractivity contribution < 1.29 is 29.3 Å². The smallest absolute Gasteiger partial charge is 0.302 e. The number of fused-ring (bicyclic) bond motifs is 1. The van der Waals surface area contributed by atoms with Gasteiger partial charge < -0.3 is 24.7 Å². The molecule has 39 heavy (non-hydrogen) atoms. The molecular formula is C30H29N3O6. The van der Waals surface area contributed by atoms with E-state index in [-0.39, 0.29) is 28.8 Å². The molecule has 2 heterocycles. The summed E-state index contributed by atoms with van der Waals surface area (Å²) in [6.45, 7) is 7.71. The van der Waals surface area contributed by atoms with Gasteiger partial charge in [0.15, 0.2) is 11.5 Å². The maximum absolute atomic E-state index is 13.6. The fourth-order valence-electron chi connectivity index (χ4n) is 5.11.